The predicted molar refractivity (Wildman–Crippen MR) is 163 cm³/mol. The molecule has 2 aliphatic heterocycles. The van der Waals surface area contributed by atoms with Gasteiger partial charge in [-0.15, -0.1) is 5.06 Å². The van der Waals surface area contributed by atoms with E-state index in [2.05, 4.69) is 39.6 Å². The van der Waals surface area contributed by atoms with Crippen LogP contribution in [0, 0.1) is 0 Å². The lowest BCUT2D eigenvalue weighted by Gasteiger charge is -2.31. The molecule has 2 aromatic carbocycles. The lowest BCUT2D eigenvalue weighted by molar-refractivity contribution is -0.170. The molecule has 0 radical (unpaired) electrons. The average molecular weight is 603 g/mol. The molecule has 6 rings (SSSR count). The molecule has 11 nitrogen and oxygen atoms in total. The van der Waals surface area contributed by atoms with Crippen molar-refractivity contribution in [3.05, 3.63) is 84.2 Å². The summed E-state index contributed by atoms with van der Waals surface area (Å²) >= 11 is 0. The maximum atomic E-state index is 12.5. The Kier molecular flexibility index (Phi) is 8.61. The quantitative estimate of drug-likeness (QED) is 0.319. The number of fused-ring (bicyclic) bond motifs is 1. The van der Waals surface area contributed by atoms with Gasteiger partial charge in [-0.1, -0.05) is 42.5 Å². The first-order valence-corrected chi connectivity index (χ1v) is 16.2. The fourth-order valence-electron chi connectivity index (χ4n) is 5.54. The number of hydrogen-bond acceptors (Lipinski definition) is 10. The number of piperidine rings is 1. The van der Waals surface area contributed by atoms with Gasteiger partial charge in [-0.05, 0) is 42.5 Å². The van der Waals surface area contributed by atoms with E-state index in [-0.39, 0.29) is 6.10 Å². The second kappa shape index (κ2) is 12.7. The van der Waals surface area contributed by atoms with Gasteiger partial charge in [0.15, 0.2) is 5.82 Å². The lowest BCUT2D eigenvalue weighted by atomic mass is 9.89. The molecule has 0 bridgehead atoms. The van der Waals surface area contributed by atoms with Crippen LogP contribution in [0.2, 0.25) is 0 Å². The van der Waals surface area contributed by atoms with Gasteiger partial charge in [0.1, 0.15) is 5.52 Å². The number of rotatable bonds is 8. The van der Waals surface area contributed by atoms with Crippen LogP contribution in [0.1, 0.15) is 34.7 Å². The van der Waals surface area contributed by atoms with Crippen molar-refractivity contribution < 1.29 is 22.8 Å². The van der Waals surface area contributed by atoms with Crippen LogP contribution in [0.25, 0.3) is 22.3 Å². The van der Waals surface area contributed by atoms with Gasteiger partial charge in [-0.2, -0.15) is 0 Å². The zero-order valence-electron chi connectivity index (χ0n) is 23.9. The summed E-state index contributed by atoms with van der Waals surface area (Å²) in [4.78, 5) is 32.0. The Balaban J connectivity index is 1.13. The van der Waals surface area contributed by atoms with E-state index in [9.17, 15) is 13.2 Å². The van der Waals surface area contributed by atoms with E-state index in [1.807, 2.05) is 12.1 Å². The summed E-state index contributed by atoms with van der Waals surface area (Å²) in [5.74, 6) is 0.525. The number of nitrogens with zero attached hydrogens (tertiary/aromatic N) is 5. The number of carbonyl (C=O) groups excluding carboxylic acids is 1. The SMILES string of the molecule is CS(=O)(=O)N1CCC(c2ccc(-c3cc4nccnc4c(NCC4CN(OC(=O)c5ccccc5)CCO4)n3)cc2)CC1. The maximum Gasteiger partial charge on any atom is 0.357 e. The summed E-state index contributed by atoms with van der Waals surface area (Å²) in [6.45, 7) is 2.87. The van der Waals surface area contributed by atoms with Crippen molar-refractivity contribution in [3.63, 3.8) is 0 Å². The Labute approximate surface area is 250 Å². The number of ether oxygens (including phenoxy) is 1. The number of hydroxylamine groups is 2. The minimum Gasteiger partial charge on any atom is -0.373 e. The highest BCUT2D eigenvalue weighted by Gasteiger charge is 2.26. The van der Waals surface area contributed by atoms with Crippen LogP contribution in [0.15, 0.2) is 73.1 Å². The highest BCUT2D eigenvalue weighted by Crippen LogP contribution is 2.31. The minimum absolute atomic E-state index is 0.233. The Morgan fingerprint density at radius 1 is 1.02 bits per heavy atom. The first-order valence-electron chi connectivity index (χ1n) is 14.4. The van der Waals surface area contributed by atoms with Gasteiger partial charge in [-0.25, -0.2) is 27.5 Å². The number of morpholine rings is 1. The van der Waals surface area contributed by atoms with Crippen LogP contribution < -0.4 is 5.32 Å². The van der Waals surface area contributed by atoms with Crippen molar-refractivity contribution in [2.75, 3.05) is 50.9 Å². The number of aromatic nitrogens is 3. The van der Waals surface area contributed by atoms with E-state index < -0.39 is 16.0 Å². The summed E-state index contributed by atoms with van der Waals surface area (Å²) in [5, 5.41) is 5.03. The van der Waals surface area contributed by atoms with E-state index >= 15 is 0 Å². The van der Waals surface area contributed by atoms with Gasteiger partial charge in [0.05, 0.1) is 48.8 Å². The summed E-state index contributed by atoms with van der Waals surface area (Å²) < 4.78 is 31.2. The fourth-order valence-corrected chi connectivity index (χ4v) is 6.42. The van der Waals surface area contributed by atoms with Gasteiger partial charge >= 0.3 is 5.97 Å². The first-order chi connectivity index (χ1) is 20.8. The van der Waals surface area contributed by atoms with Crippen molar-refractivity contribution >= 4 is 32.8 Å². The summed E-state index contributed by atoms with van der Waals surface area (Å²) in [5.41, 5.74) is 4.78. The van der Waals surface area contributed by atoms with Gasteiger partial charge in [0.25, 0.3) is 0 Å². The van der Waals surface area contributed by atoms with Crippen LogP contribution in [0.5, 0.6) is 0 Å². The second-order valence-electron chi connectivity index (χ2n) is 10.8. The number of anilines is 1. The molecule has 4 heterocycles. The summed E-state index contributed by atoms with van der Waals surface area (Å²) in [6.07, 6.45) is 5.94. The molecule has 12 heteroatoms. The smallest absolute Gasteiger partial charge is 0.357 e. The van der Waals surface area contributed by atoms with E-state index in [0.717, 1.165) is 29.6 Å². The fraction of sp³-hybridized carbons (Fsp3) is 0.355. The molecular formula is C31H34N6O5S. The van der Waals surface area contributed by atoms with E-state index in [1.54, 1.807) is 46.0 Å². The van der Waals surface area contributed by atoms with Crippen molar-refractivity contribution in [2.24, 2.45) is 0 Å². The molecule has 1 atom stereocenters. The third-order valence-electron chi connectivity index (χ3n) is 7.88. The summed E-state index contributed by atoms with van der Waals surface area (Å²) in [6, 6.07) is 19.2. The molecule has 2 aromatic heterocycles. The number of hydrogen-bond donors (Lipinski definition) is 1. The van der Waals surface area contributed by atoms with E-state index in [4.69, 9.17) is 14.6 Å². The topological polar surface area (TPSA) is 127 Å². The maximum absolute atomic E-state index is 12.5. The van der Waals surface area contributed by atoms with Crippen LogP contribution in [0.3, 0.4) is 0 Å². The zero-order valence-corrected chi connectivity index (χ0v) is 24.7. The largest absolute Gasteiger partial charge is 0.373 e. The second-order valence-corrected chi connectivity index (χ2v) is 12.8. The molecule has 4 aromatic rings. The highest BCUT2D eigenvalue weighted by molar-refractivity contribution is 7.88. The minimum atomic E-state index is -3.15. The molecule has 1 N–H and O–H groups in total. The molecule has 43 heavy (non-hydrogen) atoms. The Morgan fingerprint density at radius 2 is 1.77 bits per heavy atom. The van der Waals surface area contributed by atoms with Crippen molar-refractivity contribution in [2.45, 2.75) is 24.9 Å². The lowest BCUT2D eigenvalue weighted by Crippen LogP contribution is -2.46. The Morgan fingerprint density at radius 3 is 2.51 bits per heavy atom. The average Bonchev–Trinajstić information content (AvgIpc) is 3.04. The molecular weight excluding hydrogens is 568 g/mol. The van der Waals surface area contributed by atoms with Gasteiger partial charge < -0.3 is 14.9 Å². The molecule has 0 aliphatic carbocycles. The number of nitrogens with one attached hydrogen (secondary N) is 1. The third-order valence-corrected chi connectivity index (χ3v) is 9.18. The van der Waals surface area contributed by atoms with Crippen LogP contribution >= 0.6 is 0 Å². The molecule has 2 aliphatic rings. The van der Waals surface area contributed by atoms with Crippen LogP contribution in [0.4, 0.5) is 5.82 Å². The van der Waals surface area contributed by atoms with E-state index in [1.165, 1.54) is 11.8 Å². The van der Waals surface area contributed by atoms with Gasteiger partial charge in [0.2, 0.25) is 10.0 Å². The number of carbonyl (C=O) groups is 1. The Bertz CT molecular complexity index is 1680. The molecule has 0 saturated carbocycles. The Hall–Kier alpha value is -3.97. The van der Waals surface area contributed by atoms with Crippen LogP contribution in [-0.2, 0) is 19.6 Å². The van der Waals surface area contributed by atoms with Gasteiger partial charge in [0, 0.05) is 37.6 Å². The highest BCUT2D eigenvalue weighted by atomic mass is 32.2. The third kappa shape index (κ3) is 6.99. The first kappa shape index (κ1) is 29.1. The molecule has 0 spiro atoms. The number of pyridine rings is 1. The van der Waals surface area contributed by atoms with E-state index in [0.29, 0.717) is 62.1 Å². The molecule has 1 unspecified atom stereocenters. The van der Waals surface area contributed by atoms with Crippen molar-refractivity contribution in [3.8, 4) is 11.3 Å². The predicted octanol–water partition coefficient (Wildman–Crippen LogP) is 3.72. The zero-order chi connectivity index (χ0) is 29.8. The van der Waals surface area contributed by atoms with Crippen molar-refractivity contribution in [1.82, 2.24) is 24.3 Å². The molecule has 224 valence electrons. The number of benzene rings is 2. The monoisotopic (exact) mass is 602 g/mol. The van der Waals surface area contributed by atoms with Crippen molar-refractivity contribution in [1.29, 1.82) is 0 Å². The molecule has 2 fully saturated rings. The number of sulfonamides is 1. The van der Waals surface area contributed by atoms with Crippen LogP contribution in [-0.4, -0.2) is 90.4 Å². The summed E-state index contributed by atoms with van der Waals surface area (Å²) in [7, 11) is -3.15. The molecule has 0 amide bonds. The standard InChI is InChI=1S/C31H34N6O5S/c1-43(39,40)37-15-11-23(12-16-37)22-7-9-24(10-8-22)27-19-28-29(33-14-13-32-28)30(35-27)34-20-26-21-36(17-18-41-26)42-31(38)25-5-3-2-4-6-25/h2-10,13-14,19,23,26H,11-12,15-18,20-21H2,1H3,(H,34,35). The normalized spacial score (nSPS) is 18.9. The molecule has 2 saturated heterocycles. The van der Waals surface area contributed by atoms with Gasteiger partial charge in [-0.3, -0.25) is 4.98 Å².